The number of hydrogen-bond acceptors (Lipinski definition) is 1. The fraction of sp³-hybridized carbons (Fsp3) is 0.500. The van der Waals surface area contributed by atoms with Gasteiger partial charge in [-0.3, -0.25) is 0 Å². The Kier molecular flexibility index (Phi) is 4.51. The molecular weight excluding hydrogens is 270 g/mol. The maximum absolute atomic E-state index is 6.32. The van der Waals surface area contributed by atoms with Crippen LogP contribution in [0.3, 0.4) is 0 Å². The highest BCUT2D eigenvalue weighted by molar-refractivity contribution is 5.91. The van der Waals surface area contributed by atoms with Crippen molar-refractivity contribution < 1.29 is 9.22 Å². The zero-order valence-corrected chi connectivity index (χ0v) is 14.1. The zero-order valence-electron chi connectivity index (χ0n) is 14.1. The van der Waals surface area contributed by atoms with Crippen LogP contribution in [0.5, 0.6) is 0 Å². The highest BCUT2D eigenvalue weighted by Gasteiger charge is 2.26. The lowest BCUT2D eigenvalue weighted by Gasteiger charge is -2.36. The fourth-order valence-electron chi connectivity index (χ4n) is 3.88. The molecule has 1 aliphatic carbocycles. The lowest BCUT2D eigenvalue weighted by molar-refractivity contribution is -0.923. The van der Waals surface area contributed by atoms with Crippen LogP contribution in [0.15, 0.2) is 36.4 Å². The van der Waals surface area contributed by atoms with E-state index in [-0.39, 0.29) is 6.10 Å². The topological polar surface area (TPSA) is 9.23 Å². The maximum atomic E-state index is 6.32. The van der Waals surface area contributed by atoms with E-state index >= 15 is 0 Å². The van der Waals surface area contributed by atoms with E-state index in [4.69, 9.17) is 4.74 Å². The van der Waals surface area contributed by atoms with Crippen LogP contribution >= 0.6 is 0 Å². The quantitative estimate of drug-likeness (QED) is 0.691. The molecule has 0 N–H and O–H groups in total. The first-order chi connectivity index (χ1) is 10.7. The largest absolute Gasteiger partial charge is 0.367 e. The standard InChI is InChI=1S/C20H28NO/c1-4-21(5-2,6-3)13-14-22-19-15-17-11-7-9-16-10-8-12-18(19)20(16)17/h7-12,19H,4-6,13-15H2,1-3H3/q+1. The van der Waals surface area contributed by atoms with Gasteiger partial charge in [0.25, 0.3) is 0 Å². The number of likely N-dealkylation sites (N-methyl/N-ethyl adjacent to an activating group) is 1. The Morgan fingerprint density at radius 3 is 2.36 bits per heavy atom. The van der Waals surface area contributed by atoms with Gasteiger partial charge in [-0.2, -0.15) is 0 Å². The van der Waals surface area contributed by atoms with Gasteiger partial charge in [0, 0.05) is 6.42 Å². The van der Waals surface area contributed by atoms with E-state index in [1.807, 2.05) is 0 Å². The Morgan fingerprint density at radius 2 is 1.68 bits per heavy atom. The third-order valence-electron chi connectivity index (χ3n) is 5.67. The van der Waals surface area contributed by atoms with E-state index in [2.05, 4.69) is 57.2 Å². The molecule has 2 nitrogen and oxygen atoms in total. The molecule has 0 bridgehead atoms. The first-order valence-electron chi connectivity index (χ1n) is 8.70. The van der Waals surface area contributed by atoms with Gasteiger partial charge in [-0.05, 0) is 42.7 Å². The number of benzene rings is 2. The molecule has 1 unspecified atom stereocenters. The van der Waals surface area contributed by atoms with E-state index < -0.39 is 0 Å². The molecule has 2 heteroatoms. The Bertz CT molecular complexity index is 632. The molecule has 1 atom stereocenters. The van der Waals surface area contributed by atoms with Gasteiger partial charge in [0.15, 0.2) is 0 Å². The third kappa shape index (κ3) is 2.66. The number of ether oxygens (including phenoxy) is 1. The summed E-state index contributed by atoms with van der Waals surface area (Å²) in [5, 5.41) is 2.78. The van der Waals surface area contributed by atoms with Gasteiger partial charge >= 0.3 is 0 Å². The summed E-state index contributed by atoms with van der Waals surface area (Å²) in [5.41, 5.74) is 2.83. The molecule has 1 aliphatic rings. The van der Waals surface area contributed by atoms with Crippen LogP contribution in [-0.4, -0.2) is 37.3 Å². The summed E-state index contributed by atoms with van der Waals surface area (Å²) in [6.45, 7) is 12.4. The summed E-state index contributed by atoms with van der Waals surface area (Å²) >= 11 is 0. The first-order valence-corrected chi connectivity index (χ1v) is 8.70. The highest BCUT2D eigenvalue weighted by atomic mass is 16.5. The average Bonchev–Trinajstić information content (AvgIpc) is 2.93. The van der Waals surface area contributed by atoms with E-state index in [1.54, 1.807) is 0 Å². The molecule has 0 saturated carbocycles. The monoisotopic (exact) mass is 298 g/mol. The molecule has 22 heavy (non-hydrogen) atoms. The maximum Gasteiger partial charge on any atom is 0.102 e. The van der Waals surface area contributed by atoms with Crippen molar-refractivity contribution in [3.63, 3.8) is 0 Å². The highest BCUT2D eigenvalue weighted by Crippen LogP contribution is 2.38. The number of quaternary nitrogens is 1. The Labute approximate surface area is 134 Å². The van der Waals surface area contributed by atoms with Gasteiger partial charge in [-0.15, -0.1) is 0 Å². The zero-order chi connectivity index (χ0) is 15.6. The molecule has 0 aliphatic heterocycles. The van der Waals surface area contributed by atoms with Gasteiger partial charge in [-0.1, -0.05) is 36.4 Å². The minimum Gasteiger partial charge on any atom is -0.367 e. The summed E-state index contributed by atoms with van der Waals surface area (Å²) in [5.74, 6) is 0. The van der Waals surface area contributed by atoms with Crippen molar-refractivity contribution in [3.05, 3.63) is 47.5 Å². The second-order valence-electron chi connectivity index (χ2n) is 6.44. The van der Waals surface area contributed by atoms with Crippen molar-refractivity contribution >= 4 is 10.8 Å². The second-order valence-corrected chi connectivity index (χ2v) is 6.44. The molecule has 0 aromatic heterocycles. The van der Waals surface area contributed by atoms with Gasteiger partial charge in [0.05, 0.1) is 32.3 Å². The van der Waals surface area contributed by atoms with E-state index in [9.17, 15) is 0 Å². The van der Waals surface area contributed by atoms with Crippen LogP contribution in [0, 0.1) is 0 Å². The van der Waals surface area contributed by atoms with Crippen molar-refractivity contribution in [2.75, 3.05) is 32.8 Å². The minimum absolute atomic E-state index is 0.244. The summed E-state index contributed by atoms with van der Waals surface area (Å²) in [4.78, 5) is 0. The van der Waals surface area contributed by atoms with Crippen LogP contribution in [0.4, 0.5) is 0 Å². The van der Waals surface area contributed by atoms with Crippen LogP contribution in [0.1, 0.15) is 38.0 Å². The summed E-state index contributed by atoms with van der Waals surface area (Å²) in [7, 11) is 0. The van der Waals surface area contributed by atoms with Gasteiger partial charge in [0.2, 0.25) is 0 Å². The molecule has 0 saturated heterocycles. The van der Waals surface area contributed by atoms with E-state index in [0.29, 0.717) is 0 Å². The third-order valence-corrected chi connectivity index (χ3v) is 5.67. The van der Waals surface area contributed by atoms with Crippen molar-refractivity contribution in [1.82, 2.24) is 0 Å². The molecule has 0 radical (unpaired) electrons. The van der Waals surface area contributed by atoms with Gasteiger partial charge in [0.1, 0.15) is 6.54 Å². The van der Waals surface area contributed by atoms with E-state index in [1.165, 1.54) is 41.5 Å². The van der Waals surface area contributed by atoms with Crippen molar-refractivity contribution in [2.24, 2.45) is 0 Å². The molecule has 0 amide bonds. The first kappa shape index (κ1) is 15.5. The second kappa shape index (κ2) is 6.39. The lowest BCUT2D eigenvalue weighted by atomic mass is 10.1. The predicted molar refractivity (Wildman–Crippen MR) is 93.1 cm³/mol. The van der Waals surface area contributed by atoms with Crippen molar-refractivity contribution in [2.45, 2.75) is 33.3 Å². The van der Waals surface area contributed by atoms with Crippen LogP contribution in [0.2, 0.25) is 0 Å². The minimum atomic E-state index is 0.244. The van der Waals surface area contributed by atoms with Gasteiger partial charge in [-0.25, -0.2) is 0 Å². The average molecular weight is 298 g/mol. The Morgan fingerprint density at radius 1 is 1.00 bits per heavy atom. The molecule has 0 heterocycles. The molecule has 2 aromatic carbocycles. The van der Waals surface area contributed by atoms with Crippen molar-refractivity contribution in [3.8, 4) is 0 Å². The van der Waals surface area contributed by atoms with E-state index in [0.717, 1.165) is 24.1 Å². The lowest BCUT2D eigenvalue weighted by Crippen LogP contribution is -2.49. The molecule has 0 spiro atoms. The molecular formula is C20H28NO+. The molecule has 0 fully saturated rings. The normalized spacial score (nSPS) is 17.3. The summed E-state index contributed by atoms with van der Waals surface area (Å²) in [6, 6.07) is 13.2. The number of rotatable bonds is 7. The summed E-state index contributed by atoms with van der Waals surface area (Å²) in [6.07, 6.45) is 1.27. The smallest absolute Gasteiger partial charge is 0.102 e. The molecule has 118 valence electrons. The Balaban J connectivity index is 1.71. The fourth-order valence-corrected chi connectivity index (χ4v) is 3.88. The molecule has 3 rings (SSSR count). The Hall–Kier alpha value is -1.38. The van der Waals surface area contributed by atoms with Crippen LogP contribution in [-0.2, 0) is 11.2 Å². The molecule has 2 aromatic rings. The number of nitrogens with zero attached hydrogens (tertiary/aromatic N) is 1. The van der Waals surface area contributed by atoms with Gasteiger partial charge < -0.3 is 9.22 Å². The van der Waals surface area contributed by atoms with Crippen LogP contribution < -0.4 is 0 Å². The number of hydrogen-bond donors (Lipinski definition) is 0. The van der Waals surface area contributed by atoms with Crippen LogP contribution in [0.25, 0.3) is 10.8 Å². The summed E-state index contributed by atoms with van der Waals surface area (Å²) < 4.78 is 7.48. The van der Waals surface area contributed by atoms with Crippen molar-refractivity contribution in [1.29, 1.82) is 0 Å². The predicted octanol–water partition coefficient (Wildman–Crippen LogP) is 4.33. The SMILES string of the molecule is CC[N+](CC)(CC)CCOC1Cc2cccc3cccc1c23.